The number of benzene rings is 3. The molecule has 34 heavy (non-hydrogen) atoms. The maximum atomic E-state index is 13.9. The summed E-state index contributed by atoms with van der Waals surface area (Å²) in [4.78, 5) is 29.5. The van der Waals surface area contributed by atoms with Gasteiger partial charge in [-0.3, -0.25) is 19.6 Å². The molecule has 0 saturated carbocycles. The molecule has 0 aliphatic rings. The molecule has 0 saturated heterocycles. The van der Waals surface area contributed by atoms with Crippen LogP contribution in [0.25, 0.3) is 11.3 Å². The van der Waals surface area contributed by atoms with Crippen molar-refractivity contribution in [2.75, 3.05) is 10.0 Å². The summed E-state index contributed by atoms with van der Waals surface area (Å²) in [6, 6.07) is 19.8. The maximum absolute atomic E-state index is 13.9. The Morgan fingerprint density at radius 2 is 1.65 bits per heavy atom. The number of hydrogen-bond donors (Lipinski definition) is 2. The average molecular weight is 496 g/mol. The van der Waals surface area contributed by atoms with E-state index in [1.165, 1.54) is 49.4 Å². The summed E-state index contributed by atoms with van der Waals surface area (Å²) in [6.07, 6.45) is 0. The molecule has 0 bridgehead atoms. The number of Topliss-reactive ketones (excluding diaryl/α,β-unsaturated/α-hetero) is 1. The molecule has 0 aliphatic carbocycles. The van der Waals surface area contributed by atoms with Crippen LogP contribution in [-0.4, -0.2) is 25.1 Å². The SMILES string of the molecule is CC(=O)c1sc(NC(=O)c2cccc(S(=O)(=O)Nc3ccccc3F)c2)nc1-c1ccccc1. The molecule has 0 aliphatic heterocycles. The quantitative estimate of drug-likeness (QED) is 0.343. The Morgan fingerprint density at radius 1 is 0.941 bits per heavy atom. The number of anilines is 2. The third-order valence-corrected chi connectivity index (χ3v) is 7.17. The van der Waals surface area contributed by atoms with Gasteiger partial charge in [0, 0.05) is 18.1 Å². The van der Waals surface area contributed by atoms with Gasteiger partial charge >= 0.3 is 0 Å². The molecule has 4 aromatic rings. The van der Waals surface area contributed by atoms with E-state index in [2.05, 4.69) is 15.0 Å². The monoisotopic (exact) mass is 495 g/mol. The minimum Gasteiger partial charge on any atom is -0.298 e. The first-order valence-corrected chi connectivity index (χ1v) is 12.3. The van der Waals surface area contributed by atoms with Gasteiger partial charge in [-0.15, -0.1) is 0 Å². The van der Waals surface area contributed by atoms with Crippen molar-refractivity contribution in [1.82, 2.24) is 4.98 Å². The molecule has 1 heterocycles. The summed E-state index contributed by atoms with van der Waals surface area (Å²) in [5.41, 5.74) is 1.04. The van der Waals surface area contributed by atoms with Crippen LogP contribution in [0.5, 0.6) is 0 Å². The third-order valence-electron chi connectivity index (χ3n) is 4.74. The highest BCUT2D eigenvalue weighted by atomic mass is 32.2. The summed E-state index contributed by atoms with van der Waals surface area (Å²) >= 11 is 1.03. The van der Waals surface area contributed by atoms with Crippen molar-refractivity contribution in [2.45, 2.75) is 11.8 Å². The zero-order valence-corrected chi connectivity index (χ0v) is 19.4. The van der Waals surface area contributed by atoms with Gasteiger partial charge in [0.2, 0.25) is 0 Å². The van der Waals surface area contributed by atoms with E-state index < -0.39 is 21.7 Å². The molecule has 4 rings (SSSR count). The lowest BCUT2D eigenvalue weighted by Crippen LogP contribution is -2.16. The zero-order chi connectivity index (χ0) is 24.3. The first kappa shape index (κ1) is 23.3. The van der Waals surface area contributed by atoms with E-state index in [0.29, 0.717) is 10.6 Å². The number of amides is 1. The van der Waals surface area contributed by atoms with Crippen LogP contribution in [0.1, 0.15) is 27.0 Å². The molecule has 0 radical (unpaired) electrons. The molecule has 0 fully saturated rings. The number of hydrogen-bond acceptors (Lipinski definition) is 6. The van der Waals surface area contributed by atoms with E-state index in [9.17, 15) is 22.4 Å². The topological polar surface area (TPSA) is 105 Å². The van der Waals surface area contributed by atoms with Crippen LogP contribution < -0.4 is 10.0 Å². The number of para-hydroxylation sites is 1. The maximum Gasteiger partial charge on any atom is 0.262 e. The lowest BCUT2D eigenvalue weighted by Gasteiger charge is -2.10. The number of carbonyl (C=O) groups excluding carboxylic acids is 2. The van der Waals surface area contributed by atoms with Crippen LogP contribution in [-0.2, 0) is 10.0 Å². The Morgan fingerprint density at radius 3 is 2.35 bits per heavy atom. The average Bonchev–Trinajstić information content (AvgIpc) is 3.25. The van der Waals surface area contributed by atoms with Crippen LogP contribution >= 0.6 is 11.3 Å². The summed E-state index contributed by atoms with van der Waals surface area (Å²) in [7, 11) is -4.14. The molecule has 7 nitrogen and oxygen atoms in total. The minimum absolute atomic E-state index is 0.0530. The summed E-state index contributed by atoms with van der Waals surface area (Å²) in [5, 5.41) is 2.82. The van der Waals surface area contributed by atoms with Gasteiger partial charge in [-0.05, 0) is 30.3 Å². The van der Waals surface area contributed by atoms with E-state index in [1.54, 1.807) is 0 Å². The molecular weight excluding hydrogens is 477 g/mol. The van der Waals surface area contributed by atoms with E-state index in [0.717, 1.165) is 23.0 Å². The van der Waals surface area contributed by atoms with Crippen LogP contribution in [0, 0.1) is 5.82 Å². The fraction of sp³-hybridized carbons (Fsp3) is 0.0417. The van der Waals surface area contributed by atoms with E-state index in [4.69, 9.17) is 0 Å². The molecular formula is C24H18FN3O4S2. The Balaban J connectivity index is 1.59. The second-order valence-corrected chi connectivity index (χ2v) is 9.87. The normalized spacial score (nSPS) is 11.1. The van der Waals surface area contributed by atoms with Gasteiger partial charge in [0.25, 0.3) is 15.9 Å². The largest absolute Gasteiger partial charge is 0.298 e. The number of sulfonamides is 1. The lowest BCUT2D eigenvalue weighted by atomic mass is 10.1. The Hall–Kier alpha value is -3.89. The minimum atomic E-state index is -4.14. The van der Waals surface area contributed by atoms with Crippen LogP contribution in [0.4, 0.5) is 15.2 Å². The number of nitrogens with zero attached hydrogens (tertiary/aromatic N) is 1. The molecule has 2 N–H and O–H groups in total. The summed E-state index contributed by atoms with van der Waals surface area (Å²) in [6.45, 7) is 1.42. The van der Waals surface area contributed by atoms with E-state index >= 15 is 0 Å². The third kappa shape index (κ3) is 5.03. The molecule has 10 heteroatoms. The predicted molar refractivity (Wildman–Crippen MR) is 129 cm³/mol. The Labute approximate surface area is 199 Å². The Kier molecular flexibility index (Phi) is 6.53. The highest BCUT2D eigenvalue weighted by Gasteiger charge is 2.21. The lowest BCUT2D eigenvalue weighted by molar-refractivity contribution is 0.101. The highest BCUT2D eigenvalue weighted by Crippen LogP contribution is 2.32. The molecule has 0 atom stereocenters. The number of aromatic nitrogens is 1. The van der Waals surface area contributed by atoms with E-state index in [-0.39, 0.29) is 27.1 Å². The molecule has 3 aromatic carbocycles. The van der Waals surface area contributed by atoms with Gasteiger partial charge in [0.1, 0.15) is 5.82 Å². The molecule has 1 aromatic heterocycles. The van der Waals surface area contributed by atoms with Crippen molar-refractivity contribution < 1.29 is 22.4 Å². The number of rotatable bonds is 7. The van der Waals surface area contributed by atoms with Crippen LogP contribution in [0.15, 0.2) is 83.8 Å². The molecule has 0 spiro atoms. The van der Waals surface area contributed by atoms with Gasteiger partial charge in [-0.1, -0.05) is 59.9 Å². The van der Waals surface area contributed by atoms with Gasteiger partial charge < -0.3 is 0 Å². The second-order valence-electron chi connectivity index (χ2n) is 7.19. The number of thiazole rings is 1. The first-order chi connectivity index (χ1) is 16.2. The van der Waals surface area contributed by atoms with Crippen molar-refractivity contribution in [3.63, 3.8) is 0 Å². The summed E-state index contributed by atoms with van der Waals surface area (Å²) < 4.78 is 41.5. The second kappa shape index (κ2) is 9.54. The van der Waals surface area contributed by atoms with Gasteiger partial charge in [0.15, 0.2) is 10.9 Å². The van der Waals surface area contributed by atoms with E-state index in [1.807, 2.05) is 30.3 Å². The van der Waals surface area contributed by atoms with Crippen molar-refractivity contribution in [3.8, 4) is 11.3 Å². The molecule has 172 valence electrons. The molecule has 1 amide bonds. The number of carbonyl (C=O) groups is 2. The smallest absolute Gasteiger partial charge is 0.262 e. The van der Waals surface area contributed by atoms with Crippen molar-refractivity contribution in [1.29, 1.82) is 0 Å². The number of nitrogens with one attached hydrogen (secondary N) is 2. The first-order valence-electron chi connectivity index (χ1n) is 10.0. The standard InChI is InChI=1S/C24H18FN3O4S2/c1-15(29)22-21(16-8-3-2-4-9-16)26-24(33-22)27-23(30)17-10-7-11-18(14-17)34(31,32)28-20-13-6-5-12-19(20)25/h2-14,28H,1H3,(H,26,27,30). The highest BCUT2D eigenvalue weighted by molar-refractivity contribution is 7.92. The fourth-order valence-corrected chi connectivity index (χ4v) is 5.12. The summed E-state index contributed by atoms with van der Waals surface area (Å²) in [5.74, 6) is -1.52. The van der Waals surface area contributed by atoms with Crippen LogP contribution in [0.3, 0.4) is 0 Å². The van der Waals surface area contributed by atoms with Crippen molar-refractivity contribution in [3.05, 3.63) is 95.1 Å². The Bertz CT molecular complexity index is 1490. The van der Waals surface area contributed by atoms with Crippen molar-refractivity contribution in [2.24, 2.45) is 0 Å². The van der Waals surface area contributed by atoms with Gasteiger partial charge in [-0.2, -0.15) is 0 Å². The number of halogens is 1. The fourth-order valence-electron chi connectivity index (χ4n) is 3.13. The number of ketones is 1. The predicted octanol–water partition coefficient (Wildman–Crippen LogP) is 5.20. The zero-order valence-electron chi connectivity index (χ0n) is 17.8. The van der Waals surface area contributed by atoms with Crippen molar-refractivity contribution >= 4 is 43.9 Å². The van der Waals surface area contributed by atoms with Gasteiger partial charge in [0.05, 0.1) is 21.2 Å². The van der Waals surface area contributed by atoms with Crippen LogP contribution in [0.2, 0.25) is 0 Å². The van der Waals surface area contributed by atoms with Gasteiger partial charge in [-0.25, -0.2) is 17.8 Å². The molecule has 0 unspecified atom stereocenters.